The molecule has 14 heavy (non-hydrogen) atoms. The van der Waals surface area contributed by atoms with Crippen molar-refractivity contribution in [3.63, 3.8) is 0 Å². The maximum absolute atomic E-state index is 3.71. The van der Waals surface area contributed by atoms with E-state index in [2.05, 4.69) is 29.8 Å². The number of unbranched alkanes of at least 4 members (excludes halogenated alkanes) is 6. The number of rotatable bonds is 8. The van der Waals surface area contributed by atoms with Crippen LogP contribution in [0, 0.1) is 5.41 Å². The van der Waals surface area contributed by atoms with Gasteiger partial charge < -0.3 is 0 Å². The van der Waals surface area contributed by atoms with E-state index in [9.17, 15) is 0 Å². The third-order valence-electron chi connectivity index (χ3n) is 3.59. The van der Waals surface area contributed by atoms with Crippen molar-refractivity contribution in [2.45, 2.75) is 76.5 Å². The lowest BCUT2D eigenvalue weighted by atomic mass is 10.00. The van der Waals surface area contributed by atoms with E-state index >= 15 is 0 Å². The molecule has 0 aromatic rings. The Kier molecular flexibility index (Phi) is 5.51. The highest BCUT2D eigenvalue weighted by Gasteiger charge is 2.47. The second-order valence-corrected chi connectivity index (χ2v) is 6.30. The Labute approximate surface area is 98.0 Å². The van der Waals surface area contributed by atoms with E-state index in [-0.39, 0.29) is 0 Å². The molecule has 0 aromatic heterocycles. The molecule has 2 unspecified atom stereocenters. The average molecular weight is 261 g/mol. The van der Waals surface area contributed by atoms with Crippen LogP contribution in [0.4, 0.5) is 0 Å². The third kappa shape index (κ3) is 4.33. The molecule has 1 rings (SSSR count). The van der Waals surface area contributed by atoms with Gasteiger partial charge in [0.15, 0.2) is 0 Å². The summed E-state index contributed by atoms with van der Waals surface area (Å²) < 4.78 is 0. The Morgan fingerprint density at radius 1 is 1.07 bits per heavy atom. The van der Waals surface area contributed by atoms with E-state index in [1.807, 2.05) is 0 Å². The fourth-order valence-electron chi connectivity index (χ4n) is 2.10. The zero-order valence-electron chi connectivity index (χ0n) is 9.82. The van der Waals surface area contributed by atoms with Gasteiger partial charge in [0.1, 0.15) is 0 Å². The van der Waals surface area contributed by atoms with Gasteiger partial charge in [-0.25, -0.2) is 0 Å². The molecule has 0 spiro atoms. The van der Waals surface area contributed by atoms with Crippen LogP contribution in [0.1, 0.15) is 71.6 Å². The van der Waals surface area contributed by atoms with Crippen molar-refractivity contribution in [1.82, 2.24) is 0 Å². The second-order valence-electron chi connectivity index (χ2n) is 5.20. The minimum atomic E-state index is 0.670. The molecule has 0 nitrogen and oxygen atoms in total. The van der Waals surface area contributed by atoms with Crippen LogP contribution in [0.2, 0.25) is 0 Å². The molecule has 0 amide bonds. The van der Waals surface area contributed by atoms with Crippen LogP contribution in [0.5, 0.6) is 0 Å². The number of hydrogen-bond donors (Lipinski definition) is 0. The van der Waals surface area contributed by atoms with E-state index in [0.29, 0.717) is 5.41 Å². The Morgan fingerprint density at radius 2 is 1.57 bits per heavy atom. The number of halogens is 1. The van der Waals surface area contributed by atoms with Gasteiger partial charge >= 0.3 is 0 Å². The van der Waals surface area contributed by atoms with Gasteiger partial charge in [-0.15, -0.1) is 0 Å². The number of alkyl halides is 1. The highest BCUT2D eigenvalue weighted by molar-refractivity contribution is 9.09. The van der Waals surface area contributed by atoms with Crippen molar-refractivity contribution in [2.75, 3.05) is 0 Å². The van der Waals surface area contributed by atoms with Crippen LogP contribution < -0.4 is 0 Å². The van der Waals surface area contributed by atoms with Crippen molar-refractivity contribution < 1.29 is 0 Å². The summed E-state index contributed by atoms with van der Waals surface area (Å²) in [6, 6.07) is 0. The molecule has 0 radical (unpaired) electrons. The molecule has 0 aliphatic heterocycles. The molecule has 0 bridgehead atoms. The Hall–Kier alpha value is 0.480. The molecule has 0 saturated heterocycles. The lowest BCUT2D eigenvalue weighted by molar-refractivity contribution is 0.471. The molecule has 1 heteroatoms. The Morgan fingerprint density at radius 3 is 2.07 bits per heavy atom. The van der Waals surface area contributed by atoms with Gasteiger partial charge in [0, 0.05) is 4.83 Å². The molecule has 1 aliphatic rings. The summed E-state index contributed by atoms with van der Waals surface area (Å²) in [7, 11) is 0. The summed E-state index contributed by atoms with van der Waals surface area (Å²) in [6.07, 6.45) is 12.9. The molecular formula is C13H25Br. The van der Waals surface area contributed by atoms with Gasteiger partial charge in [0.2, 0.25) is 0 Å². The SMILES string of the molecule is CCCCCCCCCC1(C)CC1Br. The van der Waals surface area contributed by atoms with Crippen molar-refractivity contribution in [3.8, 4) is 0 Å². The summed E-state index contributed by atoms with van der Waals surface area (Å²) in [4.78, 5) is 0.829. The quantitative estimate of drug-likeness (QED) is 0.411. The van der Waals surface area contributed by atoms with Crippen molar-refractivity contribution in [3.05, 3.63) is 0 Å². The van der Waals surface area contributed by atoms with E-state index < -0.39 is 0 Å². The maximum Gasteiger partial charge on any atom is 0.0205 e. The molecule has 0 aromatic carbocycles. The molecule has 1 fully saturated rings. The Bertz CT molecular complexity index is 155. The lowest BCUT2D eigenvalue weighted by Crippen LogP contribution is -1.96. The summed E-state index contributed by atoms with van der Waals surface area (Å²) in [6.45, 7) is 4.70. The van der Waals surface area contributed by atoms with E-state index in [1.165, 1.54) is 57.8 Å². The standard InChI is InChI=1S/C13H25Br/c1-3-4-5-6-7-8-9-10-13(2)11-12(13)14/h12H,3-11H2,1-2H3. The van der Waals surface area contributed by atoms with Crippen LogP contribution in [-0.4, -0.2) is 4.83 Å². The van der Waals surface area contributed by atoms with Crippen molar-refractivity contribution >= 4 is 15.9 Å². The van der Waals surface area contributed by atoms with Crippen LogP contribution >= 0.6 is 15.9 Å². The fraction of sp³-hybridized carbons (Fsp3) is 1.00. The molecule has 2 atom stereocenters. The first-order valence-corrected chi connectivity index (χ1v) is 7.25. The van der Waals surface area contributed by atoms with Gasteiger partial charge in [0.25, 0.3) is 0 Å². The normalized spacial score (nSPS) is 30.6. The fourth-order valence-corrected chi connectivity index (χ4v) is 3.06. The molecular weight excluding hydrogens is 236 g/mol. The minimum absolute atomic E-state index is 0.670. The molecule has 1 aliphatic carbocycles. The van der Waals surface area contributed by atoms with Crippen molar-refractivity contribution in [2.24, 2.45) is 5.41 Å². The van der Waals surface area contributed by atoms with Gasteiger partial charge in [-0.2, -0.15) is 0 Å². The van der Waals surface area contributed by atoms with Crippen molar-refractivity contribution in [1.29, 1.82) is 0 Å². The first-order chi connectivity index (χ1) is 6.69. The second kappa shape index (κ2) is 6.15. The molecule has 0 N–H and O–H groups in total. The minimum Gasteiger partial charge on any atom is -0.0885 e. The maximum atomic E-state index is 3.71. The van der Waals surface area contributed by atoms with Gasteiger partial charge in [0.05, 0.1) is 0 Å². The number of hydrogen-bond acceptors (Lipinski definition) is 0. The largest absolute Gasteiger partial charge is 0.0885 e. The van der Waals surface area contributed by atoms with Crippen LogP contribution in [-0.2, 0) is 0 Å². The zero-order chi connectivity index (χ0) is 10.4. The highest BCUT2D eigenvalue weighted by Crippen LogP contribution is 2.54. The van der Waals surface area contributed by atoms with E-state index in [4.69, 9.17) is 0 Å². The smallest absolute Gasteiger partial charge is 0.0205 e. The van der Waals surface area contributed by atoms with E-state index in [0.717, 1.165) is 4.83 Å². The van der Waals surface area contributed by atoms with Gasteiger partial charge in [-0.05, 0) is 18.3 Å². The van der Waals surface area contributed by atoms with Gasteiger partial charge in [-0.1, -0.05) is 74.7 Å². The predicted octanol–water partition coefficient (Wildman–Crippen LogP) is 5.30. The summed E-state index contributed by atoms with van der Waals surface area (Å²) in [5.74, 6) is 0. The van der Waals surface area contributed by atoms with Crippen LogP contribution in [0.25, 0.3) is 0 Å². The third-order valence-corrected chi connectivity index (χ3v) is 5.02. The van der Waals surface area contributed by atoms with Gasteiger partial charge in [-0.3, -0.25) is 0 Å². The molecule has 84 valence electrons. The first kappa shape index (κ1) is 12.5. The van der Waals surface area contributed by atoms with Crippen LogP contribution in [0.15, 0.2) is 0 Å². The monoisotopic (exact) mass is 260 g/mol. The molecule has 1 saturated carbocycles. The highest BCUT2D eigenvalue weighted by atomic mass is 79.9. The topological polar surface area (TPSA) is 0 Å². The predicted molar refractivity (Wildman–Crippen MR) is 68.0 cm³/mol. The van der Waals surface area contributed by atoms with Crippen LogP contribution in [0.3, 0.4) is 0 Å². The average Bonchev–Trinajstić information content (AvgIpc) is 2.73. The summed E-state index contributed by atoms with van der Waals surface area (Å²) in [5, 5.41) is 0. The first-order valence-electron chi connectivity index (χ1n) is 6.33. The Balaban J connectivity index is 1.81. The summed E-state index contributed by atoms with van der Waals surface area (Å²) in [5.41, 5.74) is 0.670. The zero-order valence-corrected chi connectivity index (χ0v) is 11.4. The molecule has 0 heterocycles. The lowest BCUT2D eigenvalue weighted by Gasteiger charge is -2.08. The summed E-state index contributed by atoms with van der Waals surface area (Å²) >= 11 is 3.71. The van der Waals surface area contributed by atoms with E-state index in [1.54, 1.807) is 0 Å².